The molecule has 0 heterocycles. The number of rotatable bonds is 5. The summed E-state index contributed by atoms with van der Waals surface area (Å²) in [5.74, 6) is 0.0629. The second kappa shape index (κ2) is 6.75. The predicted molar refractivity (Wildman–Crippen MR) is 73.2 cm³/mol. The molecular weight excluding hydrogens is 246 g/mol. The number of methoxy groups -OCH3 is 1. The molecule has 6 heteroatoms. The van der Waals surface area contributed by atoms with E-state index in [9.17, 15) is 9.59 Å². The van der Waals surface area contributed by atoms with E-state index in [-0.39, 0.29) is 24.9 Å². The molecule has 0 spiro atoms. The van der Waals surface area contributed by atoms with Gasteiger partial charge in [-0.15, -0.1) is 0 Å². The minimum absolute atomic E-state index is 0.105. The van der Waals surface area contributed by atoms with E-state index in [1.54, 1.807) is 13.2 Å². The average molecular weight is 265 g/mol. The van der Waals surface area contributed by atoms with Gasteiger partial charge in [0.1, 0.15) is 5.75 Å². The minimum atomic E-state index is -0.367. The van der Waals surface area contributed by atoms with Crippen LogP contribution in [-0.2, 0) is 9.59 Å². The first-order valence-corrected chi connectivity index (χ1v) is 5.90. The van der Waals surface area contributed by atoms with Crippen LogP contribution in [0.15, 0.2) is 12.1 Å². The highest BCUT2D eigenvalue weighted by atomic mass is 16.5. The fourth-order valence-corrected chi connectivity index (χ4v) is 1.72. The number of nitrogens with two attached hydrogens (primary N) is 1. The number of anilines is 1. The molecule has 0 aromatic heterocycles. The van der Waals surface area contributed by atoms with Crippen molar-refractivity contribution in [1.29, 1.82) is 0 Å². The molecule has 1 aromatic carbocycles. The van der Waals surface area contributed by atoms with Gasteiger partial charge in [0.25, 0.3) is 0 Å². The van der Waals surface area contributed by atoms with Gasteiger partial charge in [0, 0.05) is 11.3 Å². The van der Waals surface area contributed by atoms with Crippen molar-refractivity contribution >= 4 is 17.5 Å². The molecule has 6 nitrogen and oxygen atoms in total. The Balaban J connectivity index is 2.72. The number of nitrogens with one attached hydrogen (secondary N) is 2. The Morgan fingerprint density at radius 3 is 2.53 bits per heavy atom. The number of amides is 2. The van der Waals surface area contributed by atoms with Crippen LogP contribution in [0.25, 0.3) is 0 Å². The third-order valence-electron chi connectivity index (χ3n) is 2.71. The van der Waals surface area contributed by atoms with E-state index < -0.39 is 0 Å². The van der Waals surface area contributed by atoms with Gasteiger partial charge >= 0.3 is 0 Å². The number of aryl methyl sites for hydroxylation is 1. The first kappa shape index (κ1) is 15.0. The lowest BCUT2D eigenvalue weighted by Crippen LogP contribution is -2.36. The van der Waals surface area contributed by atoms with E-state index in [0.29, 0.717) is 5.69 Å². The van der Waals surface area contributed by atoms with Crippen molar-refractivity contribution in [3.8, 4) is 5.75 Å². The number of benzene rings is 1. The zero-order valence-electron chi connectivity index (χ0n) is 11.4. The molecule has 0 aliphatic carbocycles. The van der Waals surface area contributed by atoms with Gasteiger partial charge in [-0.2, -0.15) is 0 Å². The number of hydrogen-bond donors (Lipinski definition) is 3. The van der Waals surface area contributed by atoms with E-state index in [1.165, 1.54) is 0 Å². The standard InChI is InChI=1S/C13H19N3O3/c1-8-4-5-10(9(2)13(8)19-3)16-12(18)7-15-11(17)6-14/h4-5H,6-7,14H2,1-3H3,(H,15,17)(H,16,18). The van der Waals surface area contributed by atoms with Gasteiger partial charge in [0.2, 0.25) is 11.8 Å². The zero-order valence-corrected chi connectivity index (χ0v) is 11.4. The van der Waals surface area contributed by atoms with Gasteiger partial charge in [0.15, 0.2) is 0 Å². The summed E-state index contributed by atoms with van der Waals surface area (Å²) in [6.07, 6.45) is 0. The molecule has 0 aliphatic rings. The van der Waals surface area contributed by atoms with Crippen molar-refractivity contribution < 1.29 is 14.3 Å². The zero-order chi connectivity index (χ0) is 14.4. The summed E-state index contributed by atoms with van der Waals surface area (Å²) in [5, 5.41) is 5.12. The first-order valence-electron chi connectivity index (χ1n) is 5.90. The quantitative estimate of drug-likeness (QED) is 0.715. The predicted octanol–water partition coefficient (Wildman–Crippen LogP) is 0.325. The van der Waals surface area contributed by atoms with Crippen LogP contribution in [0, 0.1) is 13.8 Å². The summed E-state index contributed by atoms with van der Waals surface area (Å²) in [6.45, 7) is 3.55. The van der Waals surface area contributed by atoms with E-state index in [2.05, 4.69) is 10.6 Å². The summed E-state index contributed by atoms with van der Waals surface area (Å²) in [7, 11) is 1.59. The van der Waals surface area contributed by atoms with Crippen LogP contribution in [-0.4, -0.2) is 32.0 Å². The Hall–Kier alpha value is -2.08. The summed E-state index contributed by atoms with van der Waals surface area (Å²) < 4.78 is 5.28. The van der Waals surface area contributed by atoms with Crippen LogP contribution in [0.1, 0.15) is 11.1 Å². The van der Waals surface area contributed by atoms with Crippen LogP contribution in [0.4, 0.5) is 5.69 Å². The molecule has 0 saturated carbocycles. The Bertz CT molecular complexity index is 486. The molecule has 0 unspecified atom stereocenters. The number of ether oxygens (including phenoxy) is 1. The van der Waals surface area contributed by atoms with Gasteiger partial charge in [-0.05, 0) is 25.5 Å². The van der Waals surface area contributed by atoms with E-state index in [1.807, 2.05) is 19.9 Å². The molecule has 4 N–H and O–H groups in total. The van der Waals surface area contributed by atoms with Gasteiger partial charge in [-0.1, -0.05) is 6.07 Å². The molecule has 2 amide bonds. The largest absolute Gasteiger partial charge is 0.496 e. The summed E-state index contributed by atoms with van der Waals surface area (Å²) >= 11 is 0. The van der Waals surface area contributed by atoms with E-state index in [4.69, 9.17) is 10.5 Å². The minimum Gasteiger partial charge on any atom is -0.496 e. The Morgan fingerprint density at radius 2 is 1.95 bits per heavy atom. The number of hydrogen-bond acceptors (Lipinski definition) is 4. The molecule has 0 radical (unpaired) electrons. The molecule has 1 aromatic rings. The monoisotopic (exact) mass is 265 g/mol. The maximum atomic E-state index is 11.7. The van der Waals surface area contributed by atoms with Crippen molar-refractivity contribution in [3.63, 3.8) is 0 Å². The normalized spacial score (nSPS) is 9.89. The molecule has 0 bridgehead atoms. The molecule has 0 atom stereocenters. The van der Waals surface area contributed by atoms with Crippen molar-refractivity contribution in [2.75, 3.05) is 25.5 Å². The Morgan fingerprint density at radius 1 is 1.26 bits per heavy atom. The summed E-state index contributed by atoms with van der Waals surface area (Å²) in [5.41, 5.74) is 7.63. The van der Waals surface area contributed by atoms with Crippen LogP contribution < -0.4 is 21.1 Å². The summed E-state index contributed by atoms with van der Waals surface area (Å²) in [6, 6.07) is 3.66. The highest BCUT2D eigenvalue weighted by Crippen LogP contribution is 2.28. The lowest BCUT2D eigenvalue weighted by Gasteiger charge is -2.14. The molecule has 104 valence electrons. The SMILES string of the molecule is COc1c(C)ccc(NC(=O)CNC(=O)CN)c1C. The van der Waals surface area contributed by atoms with Crippen LogP contribution in [0.5, 0.6) is 5.75 Å². The average Bonchev–Trinajstić information content (AvgIpc) is 2.40. The van der Waals surface area contributed by atoms with Crippen molar-refractivity contribution in [3.05, 3.63) is 23.3 Å². The van der Waals surface area contributed by atoms with E-state index in [0.717, 1.165) is 16.9 Å². The molecule has 0 fully saturated rings. The molecule has 0 saturated heterocycles. The first-order chi connectivity index (χ1) is 8.99. The van der Waals surface area contributed by atoms with Crippen molar-refractivity contribution in [2.45, 2.75) is 13.8 Å². The lowest BCUT2D eigenvalue weighted by molar-refractivity contribution is -0.123. The maximum Gasteiger partial charge on any atom is 0.243 e. The second-order valence-corrected chi connectivity index (χ2v) is 4.12. The fraction of sp³-hybridized carbons (Fsp3) is 0.385. The highest BCUT2D eigenvalue weighted by molar-refractivity contribution is 5.95. The number of carbonyl (C=O) groups excluding carboxylic acids is 2. The Kier molecular flexibility index (Phi) is 5.32. The van der Waals surface area contributed by atoms with Crippen molar-refractivity contribution in [1.82, 2.24) is 5.32 Å². The summed E-state index contributed by atoms with van der Waals surface area (Å²) in [4.78, 5) is 22.6. The van der Waals surface area contributed by atoms with Gasteiger partial charge < -0.3 is 21.1 Å². The number of carbonyl (C=O) groups is 2. The molecular formula is C13H19N3O3. The van der Waals surface area contributed by atoms with Crippen molar-refractivity contribution in [2.24, 2.45) is 5.73 Å². The smallest absolute Gasteiger partial charge is 0.243 e. The van der Waals surface area contributed by atoms with E-state index >= 15 is 0 Å². The fourth-order valence-electron chi connectivity index (χ4n) is 1.72. The molecule has 0 aliphatic heterocycles. The van der Waals surface area contributed by atoms with Gasteiger partial charge in [-0.3, -0.25) is 9.59 Å². The van der Waals surface area contributed by atoms with Crippen LogP contribution >= 0.6 is 0 Å². The third kappa shape index (κ3) is 3.96. The second-order valence-electron chi connectivity index (χ2n) is 4.12. The third-order valence-corrected chi connectivity index (χ3v) is 2.71. The van der Waals surface area contributed by atoms with Crippen LogP contribution in [0.2, 0.25) is 0 Å². The topological polar surface area (TPSA) is 93.5 Å². The molecule has 1 rings (SSSR count). The van der Waals surface area contributed by atoms with Crippen LogP contribution in [0.3, 0.4) is 0 Å². The molecule has 19 heavy (non-hydrogen) atoms. The lowest BCUT2D eigenvalue weighted by atomic mass is 10.1. The van der Waals surface area contributed by atoms with Gasteiger partial charge in [-0.25, -0.2) is 0 Å². The maximum absolute atomic E-state index is 11.7. The Labute approximate surface area is 112 Å². The van der Waals surface area contributed by atoms with Gasteiger partial charge in [0.05, 0.1) is 20.2 Å². The highest BCUT2D eigenvalue weighted by Gasteiger charge is 2.10.